The number of benzene rings is 2. The molecule has 58 heavy (non-hydrogen) atoms. The Morgan fingerprint density at radius 1 is 0.897 bits per heavy atom. The minimum Gasteiger partial charge on any atom is -0.472 e. The van der Waals surface area contributed by atoms with Crippen molar-refractivity contribution < 1.29 is 37.1 Å². The van der Waals surface area contributed by atoms with Crippen LogP contribution in [0.4, 0.5) is 10.6 Å². The number of rotatable bonds is 7. The van der Waals surface area contributed by atoms with E-state index in [0.29, 0.717) is 62.0 Å². The van der Waals surface area contributed by atoms with Gasteiger partial charge in [0.1, 0.15) is 17.2 Å². The zero-order chi connectivity index (χ0) is 40.8. The van der Waals surface area contributed by atoms with Crippen LogP contribution in [0.15, 0.2) is 60.7 Å². The summed E-state index contributed by atoms with van der Waals surface area (Å²) < 4.78 is 40.4. The Kier molecular flexibility index (Phi) is 10.7. The van der Waals surface area contributed by atoms with Gasteiger partial charge in [-0.15, -0.1) is 0 Å². The number of aromatic nitrogens is 2. The number of fused-ring (bicyclic) bond motifs is 4. The molecule has 3 heterocycles. The van der Waals surface area contributed by atoms with Gasteiger partial charge in [-0.2, -0.15) is 0 Å². The second kappa shape index (κ2) is 15.6. The number of alkyl carbamates (subject to hydrolysis) is 1. The van der Waals surface area contributed by atoms with Crippen molar-refractivity contribution in [2.24, 2.45) is 17.8 Å². The van der Waals surface area contributed by atoms with Crippen LogP contribution in [0.3, 0.4) is 0 Å². The monoisotopic (exact) mass is 812 g/mol. The third kappa shape index (κ3) is 8.55. The molecule has 3 aromatic rings. The van der Waals surface area contributed by atoms with E-state index in [9.17, 15) is 27.6 Å². The molecule has 2 aromatic carbocycles. The van der Waals surface area contributed by atoms with Crippen LogP contribution in [0, 0.1) is 17.8 Å². The van der Waals surface area contributed by atoms with Gasteiger partial charge >= 0.3 is 6.09 Å². The van der Waals surface area contributed by atoms with Crippen LogP contribution in [0.2, 0.25) is 0 Å². The van der Waals surface area contributed by atoms with Crippen molar-refractivity contribution in [2.45, 2.75) is 127 Å². The molecule has 3 saturated carbocycles. The van der Waals surface area contributed by atoms with Crippen LogP contribution in [-0.4, -0.2) is 70.6 Å². The van der Waals surface area contributed by atoms with Crippen LogP contribution >= 0.6 is 0 Å². The van der Waals surface area contributed by atoms with E-state index < -0.39 is 74.2 Å². The summed E-state index contributed by atoms with van der Waals surface area (Å²) in [4.78, 5) is 68.3. The number of para-hydroxylation sites is 2. The second-order valence-electron chi connectivity index (χ2n) is 17.5. The third-order valence-electron chi connectivity index (χ3n) is 11.9. The summed E-state index contributed by atoms with van der Waals surface area (Å²) in [5, 5.41) is 5.14. The van der Waals surface area contributed by atoms with Gasteiger partial charge in [0, 0.05) is 24.9 Å². The number of nitrogens with one attached hydrogen (secondary N) is 3. The van der Waals surface area contributed by atoms with E-state index in [1.807, 2.05) is 48.6 Å². The predicted molar refractivity (Wildman–Crippen MR) is 216 cm³/mol. The molecule has 14 nitrogen and oxygen atoms in total. The van der Waals surface area contributed by atoms with Gasteiger partial charge in [0.2, 0.25) is 15.9 Å². The third-order valence-corrected chi connectivity index (χ3v) is 13.7. The molecule has 6 atom stereocenters. The highest BCUT2D eigenvalue weighted by Gasteiger charge is 2.62. The van der Waals surface area contributed by atoms with Gasteiger partial charge in [-0.1, -0.05) is 61.4 Å². The number of hydrogen-bond donors (Lipinski definition) is 3. The lowest BCUT2D eigenvalue weighted by atomic mass is 9.86. The molecule has 0 bridgehead atoms. The Labute approximate surface area is 339 Å². The van der Waals surface area contributed by atoms with Gasteiger partial charge in [0.25, 0.3) is 11.8 Å². The van der Waals surface area contributed by atoms with E-state index >= 15 is 0 Å². The summed E-state index contributed by atoms with van der Waals surface area (Å²) in [5.74, 6) is -3.11. The quantitative estimate of drug-likeness (QED) is 0.260. The zero-order valence-electron chi connectivity index (χ0n) is 33.2. The first kappa shape index (κ1) is 39.8. The van der Waals surface area contributed by atoms with Crippen molar-refractivity contribution in [3.8, 4) is 5.88 Å². The van der Waals surface area contributed by atoms with E-state index in [2.05, 4.69) is 32.4 Å². The highest BCUT2D eigenvalue weighted by atomic mass is 32.2. The average molecular weight is 813 g/mol. The van der Waals surface area contributed by atoms with Gasteiger partial charge in [-0.25, -0.2) is 23.2 Å². The number of ketones is 1. The van der Waals surface area contributed by atoms with Crippen molar-refractivity contribution in [1.82, 2.24) is 25.3 Å². The molecule has 3 N–H and O–H groups in total. The van der Waals surface area contributed by atoms with Crippen molar-refractivity contribution in [1.29, 1.82) is 0 Å². The lowest BCUT2D eigenvalue weighted by molar-refractivity contribution is -0.136. The average Bonchev–Trinajstić information content (AvgIpc) is 4.06. The highest BCUT2D eigenvalue weighted by molar-refractivity contribution is 7.91. The fourth-order valence-corrected chi connectivity index (χ4v) is 9.97. The lowest BCUT2D eigenvalue weighted by Crippen LogP contribution is -2.54. The molecule has 15 heteroatoms. The molecular weight excluding hydrogens is 761 g/mol. The number of Topliss-reactive ketones (excluding diaryl/α,β-unsaturated/α-hetero) is 1. The van der Waals surface area contributed by atoms with Crippen molar-refractivity contribution in [3.63, 3.8) is 0 Å². The Balaban J connectivity index is 1.11. The standard InChI is InChI=1S/C43H52N6O8S/c1-42(2,3)57-41(53)46-35-18-8-6-4-5-7-15-28-23-43(28,40(52)48-58(54,55)30-19-20-30)47-38(51)32-22-29(21-31(32)36(35)50)56-39-37(44-33-16-11-12-17-34(33)45-39)49-24-26-13-9-10-14-27(26)25-49/h7,9-17,28-32,35H,4-6,8,18-25H2,1-3H3,(H,46,53)(H,47,51)(H,48,52)/b15-7-/t28?,29-,31?,32+,35+,43+/m0/s1. The minimum absolute atomic E-state index is 0.105. The van der Waals surface area contributed by atoms with Crippen molar-refractivity contribution in [2.75, 3.05) is 4.90 Å². The molecule has 2 aliphatic heterocycles. The molecule has 0 saturated heterocycles. The van der Waals surface area contributed by atoms with Crippen LogP contribution in [0.5, 0.6) is 5.88 Å². The SMILES string of the molecule is CC(C)(C)OC(=O)N[C@@H]1CCCCC/C=C\C2C[C@@]2(C(=O)NS(=O)(=O)C2CC2)NC(=O)[C@@H]2C[C@@H](Oc3nc4ccccc4nc3N3Cc4ccccc4C3)CC2C1=O. The van der Waals surface area contributed by atoms with Gasteiger partial charge < -0.3 is 25.0 Å². The number of carbonyl (C=O) groups is 4. The molecule has 0 radical (unpaired) electrons. The van der Waals surface area contributed by atoms with E-state index in [1.165, 1.54) is 11.1 Å². The first-order valence-electron chi connectivity index (χ1n) is 20.5. The summed E-state index contributed by atoms with van der Waals surface area (Å²) in [6, 6.07) is 14.7. The maximum absolute atomic E-state index is 14.7. The van der Waals surface area contributed by atoms with Crippen LogP contribution in [0.25, 0.3) is 11.0 Å². The number of anilines is 1. The molecule has 8 rings (SSSR count). The maximum atomic E-state index is 14.7. The van der Waals surface area contributed by atoms with E-state index in [0.717, 1.165) is 12.8 Å². The van der Waals surface area contributed by atoms with Gasteiger partial charge in [0.15, 0.2) is 11.6 Å². The predicted octanol–water partition coefficient (Wildman–Crippen LogP) is 5.39. The lowest BCUT2D eigenvalue weighted by Gasteiger charge is -2.27. The van der Waals surface area contributed by atoms with Crippen LogP contribution in [-0.2, 0) is 42.2 Å². The number of carbonyl (C=O) groups excluding carboxylic acids is 4. The number of hydrogen-bond acceptors (Lipinski definition) is 11. The summed E-state index contributed by atoms with van der Waals surface area (Å²) in [5.41, 5.74) is 1.38. The fourth-order valence-electron chi connectivity index (χ4n) is 8.61. The number of nitrogens with zero attached hydrogens (tertiary/aromatic N) is 3. The van der Waals surface area contributed by atoms with E-state index in [1.54, 1.807) is 20.8 Å². The molecule has 5 aliphatic rings. The van der Waals surface area contributed by atoms with Crippen LogP contribution in [0.1, 0.15) is 96.1 Å². The summed E-state index contributed by atoms with van der Waals surface area (Å²) in [7, 11) is -3.89. The van der Waals surface area contributed by atoms with Gasteiger partial charge in [0.05, 0.1) is 28.2 Å². The van der Waals surface area contributed by atoms with E-state index in [4.69, 9.17) is 19.4 Å². The summed E-state index contributed by atoms with van der Waals surface area (Å²) >= 11 is 0. The van der Waals surface area contributed by atoms with E-state index in [-0.39, 0.29) is 30.9 Å². The van der Waals surface area contributed by atoms with Gasteiger partial charge in [-0.3, -0.25) is 19.1 Å². The summed E-state index contributed by atoms with van der Waals surface area (Å²) in [6.45, 7) is 6.44. The maximum Gasteiger partial charge on any atom is 0.408 e. The number of allylic oxidation sites excluding steroid dienone is 1. The normalized spacial score (nSPS) is 28.2. The Bertz CT molecular complexity index is 2230. The molecular formula is C43H52N6O8S. The topological polar surface area (TPSA) is 186 Å². The van der Waals surface area contributed by atoms with Crippen LogP contribution < -0.4 is 25.0 Å². The number of amides is 3. The Morgan fingerprint density at radius 2 is 1.57 bits per heavy atom. The summed E-state index contributed by atoms with van der Waals surface area (Å²) in [6.07, 6.45) is 7.15. The fraction of sp³-hybridized carbons (Fsp3) is 0.535. The molecule has 0 spiro atoms. The second-order valence-corrected chi connectivity index (χ2v) is 19.5. The van der Waals surface area contributed by atoms with Crippen molar-refractivity contribution >= 4 is 50.6 Å². The molecule has 308 valence electrons. The zero-order valence-corrected chi connectivity index (χ0v) is 34.1. The largest absolute Gasteiger partial charge is 0.472 e. The first-order chi connectivity index (χ1) is 27.7. The van der Waals surface area contributed by atoms with Crippen molar-refractivity contribution in [3.05, 3.63) is 71.8 Å². The highest BCUT2D eigenvalue weighted by Crippen LogP contribution is 2.47. The first-order valence-corrected chi connectivity index (χ1v) is 22.1. The molecule has 3 fully saturated rings. The molecule has 1 aromatic heterocycles. The molecule has 2 unspecified atom stereocenters. The number of sulfonamides is 1. The minimum atomic E-state index is -3.89. The molecule has 3 aliphatic carbocycles. The number of ether oxygens (including phenoxy) is 2. The van der Waals surface area contributed by atoms with Gasteiger partial charge in [-0.05, 0) is 95.4 Å². The Morgan fingerprint density at radius 3 is 2.26 bits per heavy atom. The molecule has 3 amide bonds. The smallest absolute Gasteiger partial charge is 0.408 e. The Hall–Kier alpha value is -5.05.